The second kappa shape index (κ2) is 9.72. The number of carbonyl (C=O) groups is 3. The molecule has 0 bridgehead atoms. The molecule has 2 fully saturated rings. The highest BCUT2D eigenvalue weighted by molar-refractivity contribution is 6.13. The lowest BCUT2D eigenvalue weighted by Crippen LogP contribution is -2.50. The number of piperazine rings is 1. The van der Waals surface area contributed by atoms with Crippen molar-refractivity contribution in [2.45, 2.75) is 32.7 Å². The second-order valence-corrected chi connectivity index (χ2v) is 10.5. The average molecular weight is 525 g/mol. The zero-order valence-electron chi connectivity index (χ0n) is 22.5. The van der Waals surface area contributed by atoms with Gasteiger partial charge in [-0.3, -0.25) is 14.4 Å². The Labute approximate surface area is 228 Å². The first-order valence-corrected chi connectivity index (χ1v) is 13.4. The molecule has 0 unspecified atom stereocenters. The van der Waals surface area contributed by atoms with Crippen molar-refractivity contribution in [1.29, 1.82) is 0 Å². The summed E-state index contributed by atoms with van der Waals surface area (Å²) in [4.78, 5) is 50.1. The molecular formula is C30H32N6O3. The fourth-order valence-electron chi connectivity index (χ4n) is 5.45. The Morgan fingerprint density at radius 1 is 0.923 bits per heavy atom. The largest absolute Gasteiger partial charge is 0.340 e. The van der Waals surface area contributed by atoms with E-state index in [0.717, 1.165) is 41.2 Å². The van der Waals surface area contributed by atoms with Crippen LogP contribution in [0.1, 0.15) is 46.0 Å². The molecule has 1 aromatic heterocycles. The van der Waals surface area contributed by atoms with Crippen molar-refractivity contribution >= 4 is 46.3 Å². The number of amides is 3. The molecule has 1 N–H and O–H groups in total. The Morgan fingerprint density at radius 2 is 1.64 bits per heavy atom. The minimum Gasteiger partial charge on any atom is -0.340 e. The van der Waals surface area contributed by atoms with Crippen molar-refractivity contribution in [3.8, 4) is 0 Å². The lowest BCUT2D eigenvalue weighted by molar-refractivity contribution is -0.130. The maximum absolute atomic E-state index is 13.3. The van der Waals surface area contributed by atoms with Crippen LogP contribution in [0.15, 0.2) is 54.7 Å². The molecule has 0 radical (unpaired) electrons. The summed E-state index contributed by atoms with van der Waals surface area (Å²) in [6.45, 7) is 5.73. The summed E-state index contributed by atoms with van der Waals surface area (Å²) in [5.41, 5.74) is 5.75. The Balaban J connectivity index is 1.26. The first-order chi connectivity index (χ1) is 18.8. The summed E-state index contributed by atoms with van der Waals surface area (Å²) in [6.07, 6.45) is 3.91. The zero-order valence-corrected chi connectivity index (χ0v) is 22.5. The first kappa shape index (κ1) is 24.9. The highest BCUT2D eigenvalue weighted by Gasteiger charge is 2.37. The normalized spacial score (nSPS) is 16.9. The zero-order chi connectivity index (χ0) is 27.3. The highest BCUT2D eigenvalue weighted by Crippen LogP contribution is 2.46. The average Bonchev–Trinajstić information content (AvgIpc) is 3.79. The van der Waals surface area contributed by atoms with Gasteiger partial charge >= 0.3 is 0 Å². The van der Waals surface area contributed by atoms with Crippen LogP contribution in [0.5, 0.6) is 0 Å². The number of para-hydroxylation sites is 1. The third-order valence-electron chi connectivity index (χ3n) is 7.84. The van der Waals surface area contributed by atoms with Gasteiger partial charge in [0.1, 0.15) is 5.82 Å². The number of nitrogens with one attached hydrogen (secondary N) is 1. The minimum atomic E-state index is -0.0451. The summed E-state index contributed by atoms with van der Waals surface area (Å²) in [7, 11) is 1.79. The number of hydrogen-bond acceptors (Lipinski definition) is 6. The molecule has 0 spiro atoms. The molecular weight excluding hydrogens is 492 g/mol. The molecule has 0 atom stereocenters. The van der Waals surface area contributed by atoms with E-state index in [2.05, 4.69) is 15.2 Å². The van der Waals surface area contributed by atoms with E-state index in [4.69, 9.17) is 0 Å². The van der Waals surface area contributed by atoms with Gasteiger partial charge in [-0.1, -0.05) is 12.1 Å². The molecule has 3 heterocycles. The van der Waals surface area contributed by atoms with E-state index in [-0.39, 0.29) is 17.7 Å². The number of aryl methyl sites for hydroxylation is 1. The number of hydrogen-bond donors (Lipinski definition) is 1. The van der Waals surface area contributed by atoms with Crippen LogP contribution in [0, 0.1) is 6.92 Å². The maximum atomic E-state index is 13.3. The number of fused-ring (bicyclic) bond motifs is 2. The second-order valence-electron chi connectivity index (χ2n) is 10.5. The lowest BCUT2D eigenvalue weighted by atomic mass is 10.1. The summed E-state index contributed by atoms with van der Waals surface area (Å²) < 4.78 is 0. The lowest BCUT2D eigenvalue weighted by Gasteiger charge is -2.34. The van der Waals surface area contributed by atoms with Crippen molar-refractivity contribution in [2.24, 2.45) is 0 Å². The van der Waals surface area contributed by atoms with Crippen molar-refractivity contribution in [1.82, 2.24) is 14.8 Å². The molecule has 2 aromatic carbocycles. The molecule has 1 aliphatic carbocycles. The van der Waals surface area contributed by atoms with Crippen LogP contribution in [-0.2, 0) is 4.79 Å². The number of carbonyl (C=O) groups excluding carboxylic acids is 3. The highest BCUT2D eigenvalue weighted by atomic mass is 16.2. The predicted octanol–water partition coefficient (Wildman–Crippen LogP) is 4.33. The minimum absolute atomic E-state index is 0.0255. The summed E-state index contributed by atoms with van der Waals surface area (Å²) in [5.74, 6) is 0.642. The van der Waals surface area contributed by atoms with Gasteiger partial charge < -0.3 is 24.9 Å². The summed E-state index contributed by atoms with van der Waals surface area (Å²) >= 11 is 0. The van der Waals surface area contributed by atoms with Crippen molar-refractivity contribution in [2.75, 3.05) is 48.3 Å². The standard InChI is InChI=1S/C30H32N6O3/c1-19-16-21(29(38)35-14-12-34(13-15-35)20(2)37)8-11-24(19)32-28-17-26-27(18-31-28)33(3)30(39)23-6-4-5-7-25(23)36(26)22-9-10-22/h4-8,11,16-18,22H,9-10,12-15H2,1-3H3,(H,31,32). The molecule has 9 heteroatoms. The molecule has 9 nitrogen and oxygen atoms in total. The fraction of sp³-hybridized carbons (Fsp3) is 0.333. The first-order valence-electron chi connectivity index (χ1n) is 13.4. The number of pyridine rings is 1. The van der Waals surface area contributed by atoms with E-state index in [1.807, 2.05) is 55.5 Å². The molecule has 39 heavy (non-hydrogen) atoms. The number of rotatable bonds is 4. The van der Waals surface area contributed by atoms with Gasteiger partial charge in [-0.2, -0.15) is 0 Å². The Morgan fingerprint density at radius 3 is 2.33 bits per heavy atom. The quantitative estimate of drug-likeness (QED) is 0.547. The SMILES string of the molecule is CC(=O)N1CCN(C(=O)c2ccc(Nc3cc4c(cn3)N(C)C(=O)c3ccccc3N4C3CC3)c(C)c2)CC1. The smallest absolute Gasteiger partial charge is 0.260 e. The number of nitrogens with zero attached hydrogens (tertiary/aromatic N) is 5. The predicted molar refractivity (Wildman–Crippen MR) is 151 cm³/mol. The Hall–Kier alpha value is -4.40. The van der Waals surface area contributed by atoms with E-state index in [9.17, 15) is 14.4 Å². The Kier molecular flexibility index (Phi) is 6.21. The van der Waals surface area contributed by atoms with Gasteiger partial charge in [-0.15, -0.1) is 0 Å². The molecule has 1 saturated heterocycles. The van der Waals surface area contributed by atoms with Crippen LogP contribution in [0.2, 0.25) is 0 Å². The van der Waals surface area contributed by atoms with Crippen molar-refractivity contribution in [3.05, 3.63) is 71.4 Å². The van der Waals surface area contributed by atoms with E-state index in [1.165, 1.54) is 0 Å². The molecule has 3 aliphatic rings. The summed E-state index contributed by atoms with van der Waals surface area (Å²) in [6, 6.07) is 15.8. The van der Waals surface area contributed by atoms with E-state index >= 15 is 0 Å². The Bertz CT molecular complexity index is 1480. The molecule has 2 aliphatic heterocycles. The molecule has 200 valence electrons. The van der Waals surface area contributed by atoms with Crippen molar-refractivity contribution in [3.63, 3.8) is 0 Å². The van der Waals surface area contributed by atoms with Gasteiger partial charge in [0.15, 0.2) is 0 Å². The van der Waals surface area contributed by atoms with Gasteiger partial charge in [-0.25, -0.2) is 4.98 Å². The van der Waals surface area contributed by atoms with Crippen LogP contribution >= 0.6 is 0 Å². The van der Waals surface area contributed by atoms with Crippen LogP contribution < -0.4 is 15.1 Å². The van der Waals surface area contributed by atoms with E-state index in [1.54, 1.807) is 34.9 Å². The fourth-order valence-corrected chi connectivity index (χ4v) is 5.45. The maximum Gasteiger partial charge on any atom is 0.260 e. The van der Waals surface area contributed by atoms with Gasteiger partial charge in [-0.05, 0) is 55.7 Å². The van der Waals surface area contributed by atoms with Crippen LogP contribution in [0.3, 0.4) is 0 Å². The molecule has 3 amide bonds. The monoisotopic (exact) mass is 524 g/mol. The van der Waals surface area contributed by atoms with Gasteiger partial charge in [0.05, 0.1) is 28.8 Å². The molecule has 1 saturated carbocycles. The van der Waals surface area contributed by atoms with E-state index < -0.39 is 0 Å². The number of aromatic nitrogens is 1. The van der Waals surface area contributed by atoms with Crippen LogP contribution in [-0.4, -0.2) is 71.8 Å². The van der Waals surface area contributed by atoms with Gasteiger partial charge in [0.2, 0.25) is 5.91 Å². The van der Waals surface area contributed by atoms with Gasteiger partial charge in [0, 0.05) is 63.5 Å². The van der Waals surface area contributed by atoms with E-state index in [0.29, 0.717) is 49.2 Å². The van der Waals surface area contributed by atoms with Gasteiger partial charge in [0.25, 0.3) is 11.8 Å². The third-order valence-corrected chi connectivity index (χ3v) is 7.84. The van der Waals surface area contributed by atoms with Crippen molar-refractivity contribution < 1.29 is 14.4 Å². The number of benzene rings is 2. The third kappa shape index (κ3) is 4.58. The topological polar surface area (TPSA) is 89.1 Å². The van der Waals surface area contributed by atoms with Crippen LogP contribution in [0.4, 0.5) is 28.6 Å². The molecule has 3 aromatic rings. The summed E-state index contributed by atoms with van der Waals surface area (Å²) in [5, 5.41) is 3.43. The molecule has 6 rings (SSSR count). The van der Waals surface area contributed by atoms with Crippen LogP contribution in [0.25, 0.3) is 0 Å². The number of anilines is 5.